The zero-order valence-corrected chi connectivity index (χ0v) is 10.9. The minimum Gasteiger partial charge on any atom is -0.382 e. The number of rotatable bonds is 1. The maximum atomic E-state index is 7.20. The van der Waals surface area contributed by atoms with E-state index in [1.165, 1.54) is 0 Å². The molecule has 4 heteroatoms. The second-order valence-electron chi connectivity index (χ2n) is 2.68. The highest BCUT2D eigenvalue weighted by molar-refractivity contribution is 5.95. The molecule has 92 valence electrons. The molecule has 17 heavy (non-hydrogen) atoms. The van der Waals surface area contributed by atoms with Gasteiger partial charge in [0.25, 0.3) is 0 Å². The van der Waals surface area contributed by atoms with Gasteiger partial charge in [0.05, 0.1) is 5.52 Å². The van der Waals surface area contributed by atoms with Crippen LogP contribution in [0.1, 0.15) is 33.4 Å². The molecule has 3 N–H and O–H groups in total. The third-order valence-electron chi connectivity index (χ3n) is 1.76. The summed E-state index contributed by atoms with van der Waals surface area (Å²) in [6.07, 6.45) is 3.37. The van der Waals surface area contributed by atoms with Crippen LogP contribution in [0.15, 0.2) is 30.6 Å². The van der Waals surface area contributed by atoms with E-state index in [2.05, 4.69) is 9.97 Å². The zero-order chi connectivity index (χ0) is 13.3. The molecule has 0 amide bonds. The van der Waals surface area contributed by atoms with Crippen molar-refractivity contribution in [2.75, 3.05) is 0 Å². The van der Waals surface area contributed by atoms with E-state index in [1.807, 2.05) is 39.8 Å². The fourth-order valence-corrected chi connectivity index (χ4v) is 1.11. The second-order valence-corrected chi connectivity index (χ2v) is 2.68. The number of nitrogens with two attached hydrogens (primary N) is 1. The molecule has 0 saturated heterocycles. The highest BCUT2D eigenvalue weighted by atomic mass is 14.8. The first kappa shape index (κ1) is 15.0. The van der Waals surface area contributed by atoms with Crippen LogP contribution in [0.25, 0.3) is 10.9 Å². The van der Waals surface area contributed by atoms with Crippen molar-refractivity contribution in [1.29, 1.82) is 5.41 Å². The number of amidine groups is 1. The average molecular weight is 232 g/mol. The van der Waals surface area contributed by atoms with Gasteiger partial charge in [0.2, 0.25) is 0 Å². The van der Waals surface area contributed by atoms with Gasteiger partial charge in [-0.1, -0.05) is 27.7 Å². The maximum absolute atomic E-state index is 7.20. The Balaban J connectivity index is 0.000000581. The van der Waals surface area contributed by atoms with Gasteiger partial charge < -0.3 is 5.73 Å². The Morgan fingerprint density at radius 1 is 1.18 bits per heavy atom. The van der Waals surface area contributed by atoms with Crippen molar-refractivity contribution in [2.45, 2.75) is 27.7 Å². The molecule has 2 rings (SSSR count). The van der Waals surface area contributed by atoms with Crippen molar-refractivity contribution in [3.05, 3.63) is 36.3 Å². The molecule has 0 radical (unpaired) electrons. The summed E-state index contributed by atoms with van der Waals surface area (Å²) in [5, 5.41) is 8.15. The van der Waals surface area contributed by atoms with Gasteiger partial charge in [0.15, 0.2) is 0 Å². The van der Waals surface area contributed by atoms with Crippen molar-refractivity contribution >= 4 is 16.7 Å². The summed E-state index contributed by atoms with van der Waals surface area (Å²) in [4.78, 5) is 8.15. The van der Waals surface area contributed by atoms with Gasteiger partial charge in [-0.05, 0) is 18.2 Å². The van der Waals surface area contributed by atoms with E-state index in [0.29, 0.717) is 5.69 Å². The Morgan fingerprint density at radius 2 is 1.82 bits per heavy atom. The summed E-state index contributed by atoms with van der Waals surface area (Å²) < 4.78 is 0. The first-order valence-electron chi connectivity index (χ1n) is 5.82. The topological polar surface area (TPSA) is 75.7 Å². The molecule has 4 nitrogen and oxygen atoms in total. The first-order valence-corrected chi connectivity index (χ1v) is 5.82. The molecule has 0 aliphatic rings. The van der Waals surface area contributed by atoms with E-state index in [1.54, 1.807) is 18.5 Å². The Kier molecular flexibility index (Phi) is 7.26. The third-order valence-corrected chi connectivity index (χ3v) is 1.76. The molecule has 0 spiro atoms. The molecular weight excluding hydrogens is 212 g/mol. The molecule has 2 heterocycles. The summed E-state index contributed by atoms with van der Waals surface area (Å²) in [7, 11) is 0. The molecule has 0 aromatic carbocycles. The van der Waals surface area contributed by atoms with Crippen LogP contribution in [-0.2, 0) is 0 Å². The molecule has 0 bridgehead atoms. The molecule has 0 aliphatic heterocycles. The number of pyridine rings is 2. The standard InChI is InChI=1S/C9H8N4.2C2H6/c10-9(11)8-4-7-6(5-13-8)2-1-3-12-7;2*1-2/h1-5H,(H3,10,11);2*1-2H3. The monoisotopic (exact) mass is 232 g/mol. The fourth-order valence-electron chi connectivity index (χ4n) is 1.11. The van der Waals surface area contributed by atoms with E-state index in [0.717, 1.165) is 10.9 Å². The lowest BCUT2D eigenvalue weighted by Crippen LogP contribution is -2.12. The number of nitrogens with one attached hydrogen (secondary N) is 1. The Morgan fingerprint density at radius 3 is 2.41 bits per heavy atom. The van der Waals surface area contributed by atoms with Crippen LogP contribution in [0, 0.1) is 5.41 Å². The summed E-state index contributed by atoms with van der Waals surface area (Å²) in [6, 6.07) is 5.47. The average Bonchev–Trinajstić information content (AvgIpc) is 2.42. The molecule has 2 aromatic rings. The maximum Gasteiger partial charge on any atom is 0.141 e. The number of nitrogen functional groups attached to an aromatic ring is 1. The minimum atomic E-state index is -0.0347. The summed E-state index contributed by atoms with van der Waals surface area (Å²) in [5.41, 5.74) is 6.57. The van der Waals surface area contributed by atoms with Crippen molar-refractivity contribution in [3.8, 4) is 0 Å². The molecular formula is C13H20N4. The van der Waals surface area contributed by atoms with Crippen molar-refractivity contribution in [3.63, 3.8) is 0 Å². The van der Waals surface area contributed by atoms with Crippen LogP contribution < -0.4 is 5.73 Å². The van der Waals surface area contributed by atoms with Gasteiger partial charge in [-0.3, -0.25) is 15.4 Å². The molecule has 0 unspecified atom stereocenters. The lowest BCUT2D eigenvalue weighted by atomic mass is 10.2. The Bertz CT molecular complexity index is 466. The van der Waals surface area contributed by atoms with Crippen molar-refractivity contribution in [2.24, 2.45) is 5.73 Å². The fraction of sp³-hybridized carbons (Fsp3) is 0.308. The number of fused-ring (bicyclic) bond motifs is 1. The number of hydrogen-bond acceptors (Lipinski definition) is 3. The van der Waals surface area contributed by atoms with Crippen LogP contribution >= 0.6 is 0 Å². The van der Waals surface area contributed by atoms with Gasteiger partial charge in [0.1, 0.15) is 11.5 Å². The van der Waals surface area contributed by atoms with E-state index >= 15 is 0 Å². The van der Waals surface area contributed by atoms with E-state index < -0.39 is 0 Å². The first-order chi connectivity index (χ1) is 8.27. The lowest BCUT2D eigenvalue weighted by Gasteiger charge is -1.98. The van der Waals surface area contributed by atoms with Crippen LogP contribution in [0.5, 0.6) is 0 Å². The zero-order valence-electron chi connectivity index (χ0n) is 10.9. The molecule has 0 saturated carbocycles. The molecule has 2 aromatic heterocycles. The largest absolute Gasteiger partial charge is 0.382 e. The highest BCUT2D eigenvalue weighted by Gasteiger charge is 1.99. The minimum absolute atomic E-state index is 0.0347. The normalized spacial score (nSPS) is 8.47. The predicted molar refractivity (Wildman–Crippen MR) is 73.3 cm³/mol. The molecule has 0 atom stereocenters. The molecule has 0 aliphatic carbocycles. The number of aromatic nitrogens is 2. The van der Waals surface area contributed by atoms with Crippen LogP contribution in [0.4, 0.5) is 0 Å². The summed E-state index contributed by atoms with van der Waals surface area (Å²) in [6.45, 7) is 8.00. The van der Waals surface area contributed by atoms with E-state index in [-0.39, 0.29) is 5.84 Å². The number of hydrogen-bond donors (Lipinski definition) is 2. The summed E-state index contributed by atoms with van der Waals surface area (Å²) >= 11 is 0. The lowest BCUT2D eigenvalue weighted by molar-refractivity contribution is 1.26. The highest BCUT2D eigenvalue weighted by Crippen LogP contribution is 2.09. The van der Waals surface area contributed by atoms with Crippen LogP contribution in [0.2, 0.25) is 0 Å². The van der Waals surface area contributed by atoms with Crippen LogP contribution in [-0.4, -0.2) is 15.8 Å². The smallest absolute Gasteiger partial charge is 0.141 e. The Labute approximate surface area is 102 Å². The predicted octanol–water partition coefficient (Wildman–Crippen LogP) is 2.97. The van der Waals surface area contributed by atoms with Crippen molar-refractivity contribution in [1.82, 2.24) is 9.97 Å². The van der Waals surface area contributed by atoms with Crippen LogP contribution in [0.3, 0.4) is 0 Å². The molecule has 0 fully saturated rings. The van der Waals surface area contributed by atoms with E-state index in [9.17, 15) is 0 Å². The second kappa shape index (κ2) is 8.21. The quantitative estimate of drug-likeness (QED) is 0.586. The van der Waals surface area contributed by atoms with Gasteiger partial charge >= 0.3 is 0 Å². The van der Waals surface area contributed by atoms with Gasteiger partial charge in [0, 0.05) is 17.8 Å². The van der Waals surface area contributed by atoms with E-state index in [4.69, 9.17) is 11.1 Å². The number of nitrogens with zero attached hydrogens (tertiary/aromatic N) is 2. The third kappa shape index (κ3) is 4.18. The van der Waals surface area contributed by atoms with Gasteiger partial charge in [-0.15, -0.1) is 0 Å². The SMILES string of the molecule is CC.CC.N=C(N)c1cc2ncccc2cn1. The summed E-state index contributed by atoms with van der Waals surface area (Å²) in [5.74, 6) is -0.0347. The Hall–Kier alpha value is -1.97. The van der Waals surface area contributed by atoms with Gasteiger partial charge in [-0.25, -0.2) is 0 Å². The van der Waals surface area contributed by atoms with Gasteiger partial charge in [-0.2, -0.15) is 0 Å². The van der Waals surface area contributed by atoms with Crippen molar-refractivity contribution < 1.29 is 0 Å².